The molecule has 4 rings (SSSR count). The van der Waals surface area contributed by atoms with Crippen molar-refractivity contribution in [3.63, 3.8) is 0 Å². The van der Waals surface area contributed by atoms with Gasteiger partial charge in [0.05, 0.1) is 29.8 Å². The first-order valence-corrected chi connectivity index (χ1v) is 9.97. The Labute approximate surface area is 184 Å². The number of nitrogens with zero attached hydrogens (tertiary/aromatic N) is 3. The van der Waals surface area contributed by atoms with Gasteiger partial charge in [-0.25, -0.2) is 0 Å². The predicted molar refractivity (Wildman–Crippen MR) is 118 cm³/mol. The van der Waals surface area contributed by atoms with Crippen LogP contribution in [0, 0.1) is 0 Å². The molecule has 0 radical (unpaired) electrons. The predicted octanol–water partition coefficient (Wildman–Crippen LogP) is 6.94. The number of rotatable bonds is 6. The maximum Gasteiger partial charge on any atom is 0.573 e. The van der Waals surface area contributed by atoms with E-state index in [-0.39, 0.29) is 11.8 Å². The summed E-state index contributed by atoms with van der Waals surface area (Å²) in [6, 6.07) is 21.1. The van der Waals surface area contributed by atoms with Gasteiger partial charge in [-0.3, -0.25) is 9.97 Å². The number of halogens is 3. The lowest BCUT2D eigenvalue weighted by molar-refractivity contribution is -0.274. The molecule has 0 aliphatic carbocycles. The van der Waals surface area contributed by atoms with Crippen molar-refractivity contribution in [3.8, 4) is 16.9 Å². The van der Waals surface area contributed by atoms with Crippen molar-refractivity contribution in [2.24, 2.45) is 0 Å². The summed E-state index contributed by atoms with van der Waals surface area (Å²) < 4.78 is 42.3. The normalized spacial score (nSPS) is 12.2. The van der Waals surface area contributed by atoms with Gasteiger partial charge in [-0.2, -0.15) is 0 Å². The third-order valence-corrected chi connectivity index (χ3v) is 5.02. The summed E-state index contributed by atoms with van der Waals surface area (Å²) in [6.45, 7) is 2.04. The van der Waals surface area contributed by atoms with Gasteiger partial charge in [-0.15, -0.1) is 13.2 Å². The number of ether oxygens (including phenoxy) is 1. The van der Waals surface area contributed by atoms with E-state index in [1.54, 1.807) is 36.9 Å². The van der Waals surface area contributed by atoms with Gasteiger partial charge in [0.1, 0.15) is 5.75 Å². The number of hydrogen-bond acceptors (Lipinski definition) is 4. The Hall–Kier alpha value is -3.87. The van der Waals surface area contributed by atoms with Gasteiger partial charge in [0, 0.05) is 12.4 Å². The van der Waals surface area contributed by atoms with Gasteiger partial charge in [0.2, 0.25) is 0 Å². The first kappa shape index (κ1) is 21.4. The van der Waals surface area contributed by atoms with Crippen molar-refractivity contribution in [3.05, 3.63) is 103 Å². The van der Waals surface area contributed by atoms with Crippen molar-refractivity contribution < 1.29 is 17.9 Å². The molecule has 0 spiro atoms. The van der Waals surface area contributed by atoms with Crippen LogP contribution in [0.25, 0.3) is 11.1 Å². The fraction of sp³-hybridized carbons (Fsp3) is 0.120. The summed E-state index contributed by atoms with van der Waals surface area (Å²) in [6.07, 6.45) is 2.20. The maximum atomic E-state index is 12.7. The summed E-state index contributed by atoms with van der Waals surface area (Å²) in [5, 5.41) is 0. The molecular formula is C25H20F3N3O. The molecule has 0 saturated heterocycles. The van der Waals surface area contributed by atoms with Crippen molar-refractivity contribution in [2.45, 2.75) is 19.3 Å². The molecule has 4 nitrogen and oxygen atoms in total. The molecule has 0 aliphatic rings. The fourth-order valence-corrected chi connectivity index (χ4v) is 3.71. The molecule has 7 heteroatoms. The number of anilines is 2. The van der Waals surface area contributed by atoms with Gasteiger partial charge >= 0.3 is 6.36 Å². The minimum atomic E-state index is -4.75. The summed E-state index contributed by atoms with van der Waals surface area (Å²) in [4.78, 5) is 10.6. The Morgan fingerprint density at radius 3 is 2.06 bits per heavy atom. The lowest BCUT2D eigenvalue weighted by Crippen LogP contribution is -2.22. The monoisotopic (exact) mass is 435 g/mol. The van der Waals surface area contributed by atoms with Crippen LogP contribution in [0.4, 0.5) is 24.5 Å². The van der Waals surface area contributed by atoms with Crippen LogP contribution in [0.3, 0.4) is 0 Å². The minimum absolute atomic E-state index is 0.174. The molecule has 0 N–H and O–H groups in total. The molecule has 4 aromatic rings. The van der Waals surface area contributed by atoms with E-state index < -0.39 is 6.36 Å². The molecule has 0 aliphatic heterocycles. The van der Waals surface area contributed by atoms with E-state index in [1.807, 2.05) is 55.5 Å². The Morgan fingerprint density at radius 2 is 1.47 bits per heavy atom. The zero-order valence-electron chi connectivity index (χ0n) is 17.2. The highest BCUT2D eigenvalue weighted by Gasteiger charge is 2.31. The van der Waals surface area contributed by atoms with Crippen LogP contribution < -0.4 is 9.64 Å². The molecule has 162 valence electrons. The minimum Gasteiger partial charge on any atom is -0.406 e. The van der Waals surface area contributed by atoms with Crippen LogP contribution in [0.15, 0.2) is 97.6 Å². The van der Waals surface area contributed by atoms with Gasteiger partial charge in [0.15, 0.2) is 0 Å². The van der Waals surface area contributed by atoms with E-state index >= 15 is 0 Å². The number of alkyl halides is 3. The van der Waals surface area contributed by atoms with Crippen LogP contribution >= 0.6 is 0 Å². The highest BCUT2D eigenvalue weighted by Crippen LogP contribution is 2.39. The lowest BCUT2D eigenvalue weighted by Gasteiger charge is -2.32. The topological polar surface area (TPSA) is 38.2 Å². The van der Waals surface area contributed by atoms with E-state index in [1.165, 1.54) is 12.1 Å². The average Bonchev–Trinajstić information content (AvgIpc) is 2.80. The van der Waals surface area contributed by atoms with E-state index in [2.05, 4.69) is 19.6 Å². The molecule has 2 heterocycles. The molecule has 0 fully saturated rings. The fourth-order valence-electron chi connectivity index (χ4n) is 3.71. The number of aromatic nitrogens is 2. The lowest BCUT2D eigenvalue weighted by atomic mass is 9.94. The molecule has 0 amide bonds. The molecule has 1 atom stereocenters. The average molecular weight is 435 g/mol. The van der Waals surface area contributed by atoms with Crippen LogP contribution in [0.5, 0.6) is 5.75 Å². The van der Waals surface area contributed by atoms with Crippen LogP contribution in [-0.2, 0) is 0 Å². The molecule has 0 saturated carbocycles. The van der Waals surface area contributed by atoms with Crippen LogP contribution in [0.2, 0.25) is 0 Å². The summed E-state index contributed by atoms with van der Waals surface area (Å²) in [5.74, 6) is -0.256. The van der Waals surface area contributed by atoms with Crippen molar-refractivity contribution in [2.75, 3.05) is 4.90 Å². The van der Waals surface area contributed by atoms with E-state index in [0.29, 0.717) is 5.56 Å². The molecule has 0 bridgehead atoms. The number of pyridine rings is 2. The third-order valence-electron chi connectivity index (χ3n) is 5.02. The number of benzene rings is 2. The van der Waals surface area contributed by atoms with E-state index in [9.17, 15) is 13.2 Å². The zero-order valence-corrected chi connectivity index (χ0v) is 17.2. The smallest absolute Gasteiger partial charge is 0.406 e. The largest absolute Gasteiger partial charge is 0.573 e. The van der Waals surface area contributed by atoms with Crippen LogP contribution in [-0.4, -0.2) is 16.3 Å². The van der Waals surface area contributed by atoms with Crippen molar-refractivity contribution in [1.82, 2.24) is 9.97 Å². The Kier molecular flexibility index (Phi) is 6.07. The van der Waals surface area contributed by atoms with E-state index in [0.717, 1.165) is 22.5 Å². The van der Waals surface area contributed by atoms with Gasteiger partial charge in [-0.1, -0.05) is 36.4 Å². The van der Waals surface area contributed by atoms with Crippen molar-refractivity contribution in [1.29, 1.82) is 0 Å². The molecule has 2 aromatic heterocycles. The van der Waals surface area contributed by atoms with Gasteiger partial charge in [-0.05, 0) is 60.0 Å². The Bertz CT molecular complexity index is 1130. The highest BCUT2D eigenvalue weighted by molar-refractivity contribution is 5.72. The standard InChI is InChI=1S/C25H20F3N3O/c1-18(31(20-8-5-13-29-16-20)21-9-6-14-30-17-21)23-11-2-3-12-24(23)19-7-4-10-22(15-19)32-25(26,27)28/h2-18H,1H3. The summed E-state index contributed by atoms with van der Waals surface area (Å²) in [5.41, 5.74) is 4.12. The first-order valence-electron chi connectivity index (χ1n) is 9.97. The van der Waals surface area contributed by atoms with Crippen molar-refractivity contribution >= 4 is 11.4 Å². The molecule has 32 heavy (non-hydrogen) atoms. The SMILES string of the molecule is CC(c1ccccc1-c1cccc(OC(F)(F)F)c1)N(c1cccnc1)c1cccnc1. The molecular weight excluding hydrogens is 415 g/mol. The Morgan fingerprint density at radius 1 is 0.812 bits per heavy atom. The van der Waals surface area contributed by atoms with E-state index in [4.69, 9.17) is 0 Å². The molecule has 1 unspecified atom stereocenters. The maximum absolute atomic E-state index is 12.7. The summed E-state index contributed by atoms with van der Waals surface area (Å²) >= 11 is 0. The molecule has 2 aromatic carbocycles. The zero-order chi connectivity index (χ0) is 22.6. The van der Waals surface area contributed by atoms with Gasteiger partial charge < -0.3 is 9.64 Å². The quantitative estimate of drug-likeness (QED) is 0.329. The first-order chi connectivity index (χ1) is 15.4. The van der Waals surface area contributed by atoms with Crippen LogP contribution in [0.1, 0.15) is 18.5 Å². The third kappa shape index (κ3) is 4.88. The Balaban J connectivity index is 1.78. The second-order valence-electron chi connectivity index (χ2n) is 7.13. The second kappa shape index (κ2) is 9.09. The number of hydrogen-bond donors (Lipinski definition) is 0. The second-order valence-corrected chi connectivity index (χ2v) is 7.13. The highest BCUT2D eigenvalue weighted by atomic mass is 19.4. The summed E-state index contributed by atoms with van der Waals surface area (Å²) in [7, 11) is 0. The van der Waals surface area contributed by atoms with Gasteiger partial charge in [0.25, 0.3) is 0 Å².